The quantitative estimate of drug-likeness (QED) is 0.444. The molecule has 2 aliphatic rings. The highest BCUT2D eigenvalue weighted by molar-refractivity contribution is 7.25. The molecule has 10 heteroatoms. The second kappa shape index (κ2) is 8.00. The molecular formula is C24H24N4O5S. The monoisotopic (exact) mass is 480 g/mol. The molecule has 9 nitrogen and oxygen atoms in total. The number of hydrogen-bond donors (Lipinski definition) is 0. The van der Waals surface area contributed by atoms with Crippen LogP contribution in [0.5, 0.6) is 0 Å². The van der Waals surface area contributed by atoms with Crippen molar-refractivity contribution in [1.29, 1.82) is 0 Å². The third kappa shape index (κ3) is 3.53. The standard InChI is InChI=1S/C24H24N4O5S/c1-24(2)10-14-15(12-33-24)19(16-4-3-7-32-16)26-22-18(14)20-21(34-22)23(30)28(13-25-20)11-17(29)27-5-8-31-9-6-27/h3-4,7,13H,5-6,8-12H2,1-2H3. The number of thiophene rings is 1. The summed E-state index contributed by atoms with van der Waals surface area (Å²) in [5, 5.41) is 0.894. The van der Waals surface area contributed by atoms with Crippen LogP contribution >= 0.6 is 11.3 Å². The lowest BCUT2D eigenvalue weighted by molar-refractivity contribution is -0.135. The number of nitrogens with zero attached hydrogens (tertiary/aromatic N) is 4. The average Bonchev–Trinajstić information content (AvgIpc) is 3.49. The third-order valence-corrected chi connectivity index (χ3v) is 7.51. The van der Waals surface area contributed by atoms with E-state index in [9.17, 15) is 9.59 Å². The predicted molar refractivity (Wildman–Crippen MR) is 127 cm³/mol. The summed E-state index contributed by atoms with van der Waals surface area (Å²) in [4.78, 5) is 38.1. The van der Waals surface area contributed by atoms with Crippen molar-refractivity contribution in [2.24, 2.45) is 0 Å². The first-order valence-electron chi connectivity index (χ1n) is 11.3. The summed E-state index contributed by atoms with van der Waals surface area (Å²) in [7, 11) is 0. The Morgan fingerprint density at radius 1 is 1.24 bits per heavy atom. The molecule has 176 valence electrons. The molecule has 1 amide bonds. The van der Waals surface area contributed by atoms with Gasteiger partial charge < -0.3 is 18.8 Å². The van der Waals surface area contributed by atoms with E-state index in [1.807, 2.05) is 12.1 Å². The van der Waals surface area contributed by atoms with Crippen LogP contribution in [0.4, 0.5) is 0 Å². The van der Waals surface area contributed by atoms with E-state index in [1.54, 1.807) is 11.2 Å². The van der Waals surface area contributed by atoms with Crippen LogP contribution in [-0.2, 0) is 33.8 Å². The summed E-state index contributed by atoms with van der Waals surface area (Å²) >= 11 is 1.32. The minimum Gasteiger partial charge on any atom is -0.463 e. The van der Waals surface area contributed by atoms with Crippen LogP contribution in [0.25, 0.3) is 31.9 Å². The van der Waals surface area contributed by atoms with Crippen LogP contribution in [0.3, 0.4) is 0 Å². The summed E-state index contributed by atoms with van der Waals surface area (Å²) < 4.78 is 19.0. The molecule has 0 bridgehead atoms. The minimum atomic E-state index is -0.352. The Labute approximate surface area is 198 Å². The molecule has 34 heavy (non-hydrogen) atoms. The van der Waals surface area contributed by atoms with E-state index >= 15 is 0 Å². The maximum absolute atomic E-state index is 13.4. The van der Waals surface area contributed by atoms with Gasteiger partial charge in [-0.05, 0) is 31.5 Å². The molecule has 4 aromatic heterocycles. The van der Waals surface area contributed by atoms with Crippen LogP contribution in [-0.4, -0.2) is 57.2 Å². The maximum Gasteiger partial charge on any atom is 0.271 e. The van der Waals surface area contributed by atoms with Gasteiger partial charge in [0.25, 0.3) is 5.56 Å². The van der Waals surface area contributed by atoms with Crippen molar-refractivity contribution in [1.82, 2.24) is 19.4 Å². The number of hydrogen-bond acceptors (Lipinski definition) is 8. The highest BCUT2D eigenvalue weighted by Gasteiger charge is 2.32. The zero-order chi connectivity index (χ0) is 23.4. The first-order chi connectivity index (χ1) is 16.4. The summed E-state index contributed by atoms with van der Waals surface area (Å²) in [5.41, 5.74) is 2.84. The first kappa shape index (κ1) is 21.5. The molecule has 6 heterocycles. The van der Waals surface area contributed by atoms with Gasteiger partial charge in [-0.3, -0.25) is 14.2 Å². The number of aromatic nitrogens is 3. The average molecular weight is 481 g/mol. The Morgan fingerprint density at radius 3 is 2.82 bits per heavy atom. The van der Waals surface area contributed by atoms with Crippen molar-refractivity contribution in [2.75, 3.05) is 26.3 Å². The number of carbonyl (C=O) groups is 1. The topological polar surface area (TPSA) is 99.7 Å². The number of rotatable bonds is 3. The van der Waals surface area contributed by atoms with E-state index < -0.39 is 0 Å². The molecule has 0 N–H and O–H groups in total. The lowest BCUT2D eigenvalue weighted by Crippen LogP contribution is -2.43. The van der Waals surface area contributed by atoms with Gasteiger partial charge in [0.1, 0.15) is 21.8 Å². The predicted octanol–water partition coefficient (Wildman–Crippen LogP) is 2.98. The number of carbonyl (C=O) groups excluding carboxylic acids is 1. The molecular weight excluding hydrogens is 456 g/mol. The van der Waals surface area contributed by atoms with Gasteiger partial charge in [0, 0.05) is 30.5 Å². The summed E-state index contributed by atoms with van der Waals surface area (Å²) in [6.45, 7) is 6.59. The molecule has 0 radical (unpaired) electrons. The summed E-state index contributed by atoms with van der Waals surface area (Å²) in [6, 6.07) is 3.71. The highest BCUT2D eigenvalue weighted by atomic mass is 32.1. The van der Waals surface area contributed by atoms with Crippen molar-refractivity contribution in [3.63, 3.8) is 0 Å². The zero-order valence-corrected chi connectivity index (χ0v) is 19.8. The van der Waals surface area contributed by atoms with E-state index in [0.717, 1.165) is 27.0 Å². The fourth-order valence-corrected chi connectivity index (χ4v) is 5.79. The molecule has 0 saturated carbocycles. The molecule has 0 spiro atoms. The van der Waals surface area contributed by atoms with E-state index in [0.29, 0.717) is 55.3 Å². The van der Waals surface area contributed by atoms with Crippen LogP contribution in [0.15, 0.2) is 33.9 Å². The van der Waals surface area contributed by atoms with Gasteiger partial charge >= 0.3 is 0 Å². The van der Waals surface area contributed by atoms with Crippen LogP contribution < -0.4 is 5.56 Å². The Hall–Kier alpha value is -3.08. The van der Waals surface area contributed by atoms with Gasteiger partial charge in [0.2, 0.25) is 5.91 Å². The lowest BCUT2D eigenvalue weighted by atomic mass is 9.89. The van der Waals surface area contributed by atoms with E-state index in [4.69, 9.17) is 18.9 Å². The number of furan rings is 1. The molecule has 0 atom stereocenters. The summed E-state index contributed by atoms with van der Waals surface area (Å²) in [5.74, 6) is 0.558. The van der Waals surface area contributed by atoms with Crippen molar-refractivity contribution >= 4 is 37.7 Å². The molecule has 1 saturated heterocycles. The van der Waals surface area contributed by atoms with E-state index in [2.05, 4.69) is 18.8 Å². The van der Waals surface area contributed by atoms with Gasteiger partial charge in [-0.25, -0.2) is 9.97 Å². The van der Waals surface area contributed by atoms with Gasteiger partial charge in [0.15, 0.2) is 5.76 Å². The van der Waals surface area contributed by atoms with E-state index in [1.165, 1.54) is 22.2 Å². The SMILES string of the molecule is CC1(C)Cc2c(c(-c3ccco3)nc3sc4c(=O)n(CC(=O)N5CCOCC5)cnc4c23)CO1. The zero-order valence-electron chi connectivity index (χ0n) is 19.0. The van der Waals surface area contributed by atoms with Crippen molar-refractivity contribution in [3.05, 3.63) is 46.2 Å². The fraction of sp³-hybridized carbons (Fsp3) is 0.417. The molecule has 1 fully saturated rings. The minimum absolute atomic E-state index is 0.0416. The van der Waals surface area contributed by atoms with Gasteiger partial charge in [-0.1, -0.05) is 0 Å². The third-order valence-electron chi connectivity index (χ3n) is 6.44. The van der Waals surface area contributed by atoms with Crippen LogP contribution in [0.2, 0.25) is 0 Å². The Morgan fingerprint density at radius 2 is 2.06 bits per heavy atom. The largest absolute Gasteiger partial charge is 0.463 e. The van der Waals surface area contributed by atoms with Crippen molar-refractivity contribution in [3.8, 4) is 11.5 Å². The summed E-state index contributed by atoms with van der Waals surface area (Å²) in [6.07, 6.45) is 3.77. The van der Waals surface area contributed by atoms with E-state index in [-0.39, 0.29) is 23.6 Å². The maximum atomic E-state index is 13.4. The highest BCUT2D eigenvalue weighted by Crippen LogP contribution is 2.42. The Bertz CT molecular complexity index is 1460. The second-order valence-corrected chi connectivity index (χ2v) is 10.2. The van der Waals surface area contributed by atoms with Gasteiger partial charge in [0.05, 0.1) is 43.5 Å². The molecule has 0 aliphatic carbocycles. The molecule has 0 aromatic carbocycles. The van der Waals surface area contributed by atoms with Crippen molar-refractivity contribution in [2.45, 2.75) is 39.0 Å². The second-order valence-electron chi connectivity index (χ2n) is 9.25. The first-order valence-corrected chi connectivity index (χ1v) is 12.1. The molecule has 4 aromatic rings. The van der Waals surface area contributed by atoms with Gasteiger partial charge in [-0.15, -0.1) is 11.3 Å². The Balaban J connectivity index is 1.50. The number of fused-ring (bicyclic) bond motifs is 5. The number of ether oxygens (including phenoxy) is 2. The normalized spacial score (nSPS) is 17.9. The number of morpholine rings is 1. The molecule has 2 aliphatic heterocycles. The number of pyridine rings is 1. The van der Waals surface area contributed by atoms with Crippen LogP contribution in [0.1, 0.15) is 25.0 Å². The fourth-order valence-electron chi connectivity index (χ4n) is 4.69. The van der Waals surface area contributed by atoms with Crippen molar-refractivity contribution < 1.29 is 18.7 Å². The number of amides is 1. The lowest BCUT2D eigenvalue weighted by Gasteiger charge is -2.32. The van der Waals surface area contributed by atoms with Crippen LogP contribution in [0, 0.1) is 0 Å². The molecule has 0 unspecified atom stereocenters. The smallest absolute Gasteiger partial charge is 0.271 e. The Kier molecular flexibility index (Phi) is 5.05. The van der Waals surface area contributed by atoms with Gasteiger partial charge in [-0.2, -0.15) is 0 Å². The molecule has 6 rings (SSSR count).